The lowest BCUT2D eigenvalue weighted by Gasteiger charge is -2.14. The van der Waals surface area contributed by atoms with Crippen LogP contribution in [0.15, 0.2) is 47.5 Å². The summed E-state index contributed by atoms with van der Waals surface area (Å²) in [6, 6.07) is 8.09. The first kappa shape index (κ1) is 17.4. The lowest BCUT2D eigenvalue weighted by atomic mass is 10.2. The van der Waals surface area contributed by atoms with E-state index >= 15 is 0 Å². The van der Waals surface area contributed by atoms with Gasteiger partial charge in [0.2, 0.25) is 5.91 Å². The second kappa shape index (κ2) is 7.54. The molecule has 24 heavy (non-hydrogen) atoms. The summed E-state index contributed by atoms with van der Waals surface area (Å²) in [5.41, 5.74) is 0.190. The minimum absolute atomic E-state index is 0.00756. The van der Waals surface area contributed by atoms with E-state index in [1.54, 1.807) is 45.4 Å². The van der Waals surface area contributed by atoms with Gasteiger partial charge in [-0.1, -0.05) is 6.07 Å². The summed E-state index contributed by atoms with van der Waals surface area (Å²) in [5.74, 6) is -0.721. The third-order valence-electron chi connectivity index (χ3n) is 3.55. The molecule has 0 saturated heterocycles. The lowest BCUT2D eigenvalue weighted by molar-refractivity contribution is -0.129. The van der Waals surface area contributed by atoms with Crippen LogP contribution in [-0.4, -0.2) is 40.4 Å². The molecule has 2 aromatic rings. The fraction of sp³-hybridized carbons (Fsp3) is 0.294. The van der Waals surface area contributed by atoms with Crippen LogP contribution in [-0.2, 0) is 11.3 Å². The van der Waals surface area contributed by atoms with E-state index in [4.69, 9.17) is 0 Å². The third-order valence-corrected chi connectivity index (χ3v) is 3.55. The van der Waals surface area contributed by atoms with E-state index in [0.717, 1.165) is 0 Å². The van der Waals surface area contributed by atoms with Crippen LogP contribution in [0.5, 0.6) is 0 Å². The number of aromatic nitrogens is 2. The zero-order chi connectivity index (χ0) is 17.7. The zero-order valence-electron chi connectivity index (χ0n) is 13.9. The molecule has 126 valence electrons. The molecule has 1 N–H and O–H groups in total. The Bertz CT molecular complexity index is 784. The highest BCUT2D eigenvalue weighted by molar-refractivity contribution is 5.94. The Kier molecular flexibility index (Phi) is 5.47. The van der Waals surface area contributed by atoms with Crippen LogP contribution in [0, 0.1) is 0 Å². The normalized spacial score (nSPS) is 11.6. The Hall–Kier alpha value is -2.96. The summed E-state index contributed by atoms with van der Waals surface area (Å²) < 4.78 is 1.22. The Labute approximate surface area is 139 Å². The first-order valence-corrected chi connectivity index (χ1v) is 7.51. The molecular weight excluding hydrogens is 308 g/mol. The van der Waals surface area contributed by atoms with Crippen molar-refractivity contribution in [3.05, 3.63) is 64.3 Å². The number of hydrogen-bond donors (Lipinski definition) is 1. The summed E-state index contributed by atoms with van der Waals surface area (Å²) in [7, 11) is 3.22. The fourth-order valence-corrected chi connectivity index (χ4v) is 2.10. The van der Waals surface area contributed by atoms with Crippen molar-refractivity contribution in [2.75, 3.05) is 14.1 Å². The van der Waals surface area contributed by atoms with E-state index < -0.39 is 11.5 Å². The molecular formula is C17H20N4O3. The number of rotatable bonds is 5. The van der Waals surface area contributed by atoms with Gasteiger partial charge >= 0.3 is 0 Å². The SMILES string of the molecule is C[C@H](NC(=O)c1cccn(CC(=O)N(C)C)c1=O)c1ccccn1. The third kappa shape index (κ3) is 4.07. The number of amides is 2. The number of nitrogens with one attached hydrogen (secondary N) is 1. The minimum Gasteiger partial charge on any atom is -0.347 e. The number of carbonyl (C=O) groups excluding carboxylic acids is 2. The minimum atomic E-state index is -0.501. The molecule has 0 saturated carbocycles. The van der Waals surface area contributed by atoms with Crippen LogP contribution in [0.1, 0.15) is 29.0 Å². The summed E-state index contributed by atoms with van der Waals surface area (Å²) in [6.45, 7) is 1.68. The Morgan fingerprint density at radius 3 is 2.62 bits per heavy atom. The predicted octanol–water partition coefficient (Wildman–Crippen LogP) is 0.822. The molecule has 0 radical (unpaired) electrons. The largest absolute Gasteiger partial charge is 0.347 e. The van der Waals surface area contributed by atoms with Gasteiger partial charge in [0.15, 0.2) is 0 Å². The highest BCUT2D eigenvalue weighted by Gasteiger charge is 2.17. The van der Waals surface area contributed by atoms with Gasteiger partial charge in [0, 0.05) is 26.5 Å². The standard InChI is InChI=1S/C17H20N4O3/c1-12(14-8-4-5-9-18-14)19-16(23)13-7-6-10-21(17(13)24)11-15(22)20(2)3/h4-10,12H,11H2,1-3H3,(H,19,23)/t12-/m0/s1. The maximum Gasteiger partial charge on any atom is 0.263 e. The van der Waals surface area contributed by atoms with Crippen molar-refractivity contribution in [2.45, 2.75) is 19.5 Å². The molecule has 7 nitrogen and oxygen atoms in total. The summed E-state index contributed by atoms with van der Waals surface area (Å²) >= 11 is 0. The molecule has 2 aromatic heterocycles. The molecule has 2 amide bonds. The van der Waals surface area contributed by atoms with Gasteiger partial charge in [-0.05, 0) is 31.2 Å². The quantitative estimate of drug-likeness (QED) is 0.881. The molecule has 0 unspecified atom stereocenters. The van der Waals surface area contributed by atoms with Crippen molar-refractivity contribution < 1.29 is 9.59 Å². The summed E-state index contributed by atoms with van der Waals surface area (Å²) in [4.78, 5) is 42.1. The van der Waals surface area contributed by atoms with E-state index in [1.807, 2.05) is 6.07 Å². The molecule has 7 heteroatoms. The van der Waals surface area contributed by atoms with Gasteiger partial charge < -0.3 is 14.8 Å². The van der Waals surface area contributed by atoms with Crippen molar-refractivity contribution in [3.63, 3.8) is 0 Å². The number of carbonyl (C=O) groups is 2. The van der Waals surface area contributed by atoms with Gasteiger partial charge in [0.05, 0.1) is 11.7 Å². The van der Waals surface area contributed by atoms with Crippen LogP contribution >= 0.6 is 0 Å². The van der Waals surface area contributed by atoms with E-state index in [1.165, 1.54) is 21.7 Å². The van der Waals surface area contributed by atoms with Gasteiger partial charge in [-0.2, -0.15) is 0 Å². The molecule has 0 fully saturated rings. The van der Waals surface area contributed by atoms with Crippen LogP contribution in [0.2, 0.25) is 0 Å². The maximum absolute atomic E-state index is 12.4. The number of nitrogens with zero attached hydrogens (tertiary/aromatic N) is 3. The molecule has 2 heterocycles. The molecule has 1 atom stereocenters. The number of pyridine rings is 2. The highest BCUT2D eigenvalue weighted by atomic mass is 16.2. The van der Waals surface area contributed by atoms with E-state index in [-0.39, 0.29) is 24.1 Å². The predicted molar refractivity (Wildman–Crippen MR) is 89.5 cm³/mol. The zero-order valence-corrected chi connectivity index (χ0v) is 13.9. The maximum atomic E-state index is 12.4. The molecule has 0 aliphatic rings. The van der Waals surface area contributed by atoms with Crippen molar-refractivity contribution in [1.29, 1.82) is 0 Å². The van der Waals surface area contributed by atoms with Crippen molar-refractivity contribution >= 4 is 11.8 Å². The van der Waals surface area contributed by atoms with Gasteiger partial charge in [-0.15, -0.1) is 0 Å². The van der Waals surface area contributed by atoms with Crippen LogP contribution in [0.3, 0.4) is 0 Å². The van der Waals surface area contributed by atoms with Gasteiger partial charge in [0.25, 0.3) is 11.5 Å². The highest BCUT2D eigenvalue weighted by Crippen LogP contribution is 2.08. The van der Waals surface area contributed by atoms with Crippen LogP contribution in [0.25, 0.3) is 0 Å². The van der Waals surface area contributed by atoms with E-state index in [0.29, 0.717) is 5.69 Å². The first-order valence-electron chi connectivity index (χ1n) is 7.51. The Morgan fingerprint density at radius 1 is 1.25 bits per heavy atom. The summed E-state index contributed by atoms with van der Waals surface area (Å²) in [5, 5.41) is 2.75. The second-order valence-electron chi connectivity index (χ2n) is 5.59. The van der Waals surface area contributed by atoms with Crippen LogP contribution in [0.4, 0.5) is 0 Å². The summed E-state index contributed by atoms with van der Waals surface area (Å²) in [6.07, 6.45) is 3.13. The van der Waals surface area contributed by atoms with Crippen molar-refractivity contribution in [2.24, 2.45) is 0 Å². The molecule has 0 spiro atoms. The topological polar surface area (TPSA) is 84.3 Å². The van der Waals surface area contributed by atoms with Gasteiger partial charge in [0.1, 0.15) is 12.1 Å². The Balaban J connectivity index is 2.18. The second-order valence-corrected chi connectivity index (χ2v) is 5.59. The fourth-order valence-electron chi connectivity index (χ4n) is 2.10. The lowest BCUT2D eigenvalue weighted by Crippen LogP contribution is -2.37. The van der Waals surface area contributed by atoms with Crippen LogP contribution < -0.4 is 10.9 Å². The average molecular weight is 328 g/mol. The first-order chi connectivity index (χ1) is 11.4. The van der Waals surface area contributed by atoms with E-state index in [9.17, 15) is 14.4 Å². The van der Waals surface area contributed by atoms with E-state index in [2.05, 4.69) is 10.3 Å². The average Bonchev–Trinajstić information content (AvgIpc) is 2.57. The molecule has 0 bridgehead atoms. The molecule has 0 aromatic carbocycles. The number of hydrogen-bond acceptors (Lipinski definition) is 4. The molecule has 0 aliphatic heterocycles. The number of likely N-dealkylation sites (N-methyl/N-ethyl adjacent to an activating group) is 1. The van der Waals surface area contributed by atoms with Crippen molar-refractivity contribution in [3.8, 4) is 0 Å². The smallest absolute Gasteiger partial charge is 0.263 e. The molecule has 0 aliphatic carbocycles. The monoisotopic (exact) mass is 328 g/mol. The van der Waals surface area contributed by atoms with Crippen molar-refractivity contribution in [1.82, 2.24) is 19.8 Å². The van der Waals surface area contributed by atoms with Gasteiger partial charge in [-0.3, -0.25) is 19.4 Å². The molecule has 2 rings (SSSR count). The Morgan fingerprint density at radius 2 is 2.00 bits per heavy atom. The van der Waals surface area contributed by atoms with Gasteiger partial charge in [-0.25, -0.2) is 0 Å².